The van der Waals surface area contributed by atoms with Gasteiger partial charge in [0.25, 0.3) is 0 Å². The summed E-state index contributed by atoms with van der Waals surface area (Å²) in [6.07, 6.45) is 0. The number of benzene rings is 1. The molecule has 1 unspecified atom stereocenters. The van der Waals surface area contributed by atoms with E-state index in [0.717, 1.165) is 27.8 Å². The molecule has 0 amide bonds. The normalized spacial score (nSPS) is 13.3. The van der Waals surface area contributed by atoms with Gasteiger partial charge in [-0.05, 0) is 52.9 Å². The van der Waals surface area contributed by atoms with E-state index in [-0.39, 0.29) is 0 Å². The summed E-state index contributed by atoms with van der Waals surface area (Å²) in [5.74, 6) is 1.56. The van der Waals surface area contributed by atoms with Gasteiger partial charge in [-0.25, -0.2) is 0 Å². The maximum Gasteiger partial charge on any atom is 0.138 e. The molecule has 0 bridgehead atoms. The van der Waals surface area contributed by atoms with Gasteiger partial charge in [-0.3, -0.25) is 0 Å². The predicted molar refractivity (Wildman–Crippen MR) is 93.3 cm³/mol. The Morgan fingerprint density at radius 1 is 1.25 bits per heavy atom. The molecule has 4 heteroatoms. The minimum Gasteiger partial charge on any atom is -0.492 e. The van der Waals surface area contributed by atoms with E-state index in [1.54, 1.807) is 0 Å². The fourth-order valence-electron chi connectivity index (χ4n) is 1.78. The molecule has 2 nitrogen and oxygen atoms in total. The van der Waals surface area contributed by atoms with Gasteiger partial charge in [0.1, 0.15) is 5.75 Å². The van der Waals surface area contributed by atoms with Crippen LogP contribution in [0.25, 0.3) is 0 Å². The first-order valence-electron chi connectivity index (χ1n) is 7.07. The first-order valence-corrected chi connectivity index (χ1v) is 8.65. The second-order valence-corrected chi connectivity index (χ2v) is 7.98. The monoisotopic (exact) mass is 405 g/mol. The number of hydrogen-bond acceptors (Lipinski definition) is 2. The van der Waals surface area contributed by atoms with Crippen LogP contribution in [0.3, 0.4) is 0 Å². The Kier molecular flexibility index (Phi) is 7.02. The highest BCUT2D eigenvalue weighted by molar-refractivity contribution is 9.11. The second-order valence-electron chi connectivity index (χ2n) is 6.21. The second kappa shape index (κ2) is 7.81. The van der Waals surface area contributed by atoms with Crippen molar-refractivity contribution in [3.63, 3.8) is 0 Å². The Balaban J connectivity index is 2.72. The number of halogens is 2. The van der Waals surface area contributed by atoms with Crippen molar-refractivity contribution in [1.82, 2.24) is 5.32 Å². The Morgan fingerprint density at radius 2 is 1.90 bits per heavy atom. The first kappa shape index (κ1) is 18.0. The van der Waals surface area contributed by atoms with Crippen molar-refractivity contribution in [2.45, 2.75) is 41.2 Å². The van der Waals surface area contributed by atoms with Crippen LogP contribution in [0.4, 0.5) is 0 Å². The van der Waals surface area contributed by atoms with Crippen LogP contribution in [0.15, 0.2) is 21.1 Å². The van der Waals surface area contributed by atoms with Crippen molar-refractivity contribution in [3.8, 4) is 5.75 Å². The van der Waals surface area contributed by atoms with Gasteiger partial charge in [-0.2, -0.15) is 0 Å². The van der Waals surface area contributed by atoms with Crippen molar-refractivity contribution >= 4 is 31.9 Å². The summed E-state index contributed by atoms with van der Waals surface area (Å²) in [4.78, 5) is 0. The minimum absolute atomic E-state index is 0.327. The molecule has 1 aromatic carbocycles. The topological polar surface area (TPSA) is 21.3 Å². The van der Waals surface area contributed by atoms with Gasteiger partial charge in [-0.1, -0.05) is 43.6 Å². The number of hydrogen-bond donors (Lipinski definition) is 1. The number of nitrogens with one attached hydrogen (secondary N) is 1. The van der Waals surface area contributed by atoms with Crippen molar-refractivity contribution < 1.29 is 4.74 Å². The van der Waals surface area contributed by atoms with Gasteiger partial charge < -0.3 is 10.1 Å². The van der Waals surface area contributed by atoms with E-state index in [4.69, 9.17) is 4.74 Å². The molecular weight excluding hydrogens is 382 g/mol. The van der Waals surface area contributed by atoms with E-state index in [2.05, 4.69) is 70.9 Å². The highest BCUT2D eigenvalue weighted by Crippen LogP contribution is 2.33. The van der Waals surface area contributed by atoms with E-state index < -0.39 is 0 Å². The number of rotatable bonds is 6. The molecule has 0 aromatic heterocycles. The average Bonchev–Trinajstić information content (AvgIpc) is 2.32. The standard InChI is InChI=1S/C16H25Br2NO/c1-6-20-15-12(7-13(17)8-14(15)18)10-19-9-11(2)16(3,4)5/h7-8,11,19H,6,9-10H2,1-5H3. The van der Waals surface area contributed by atoms with Crippen LogP contribution in [0.1, 0.15) is 40.2 Å². The zero-order valence-electron chi connectivity index (χ0n) is 13.0. The lowest BCUT2D eigenvalue weighted by Gasteiger charge is -2.27. The molecule has 0 saturated carbocycles. The average molecular weight is 407 g/mol. The summed E-state index contributed by atoms with van der Waals surface area (Å²) in [6.45, 7) is 13.6. The molecule has 1 aromatic rings. The molecule has 114 valence electrons. The Hall–Kier alpha value is -0.0600. The Bertz CT molecular complexity index is 441. The zero-order valence-corrected chi connectivity index (χ0v) is 16.2. The number of ether oxygens (including phenoxy) is 1. The van der Waals surface area contributed by atoms with Gasteiger partial charge in [0.15, 0.2) is 0 Å². The highest BCUT2D eigenvalue weighted by atomic mass is 79.9. The first-order chi connectivity index (χ1) is 9.25. The lowest BCUT2D eigenvalue weighted by atomic mass is 9.82. The van der Waals surface area contributed by atoms with E-state index in [1.807, 2.05) is 13.0 Å². The molecule has 0 spiro atoms. The van der Waals surface area contributed by atoms with Crippen LogP contribution in [-0.4, -0.2) is 13.2 Å². The third-order valence-electron chi connectivity index (χ3n) is 3.62. The summed E-state index contributed by atoms with van der Waals surface area (Å²) in [7, 11) is 0. The molecule has 1 atom stereocenters. The van der Waals surface area contributed by atoms with E-state index in [1.165, 1.54) is 5.56 Å². The summed E-state index contributed by atoms with van der Waals surface area (Å²) < 4.78 is 7.80. The zero-order chi connectivity index (χ0) is 15.3. The maximum atomic E-state index is 5.74. The van der Waals surface area contributed by atoms with Gasteiger partial charge in [0, 0.05) is 16.6 Å². The van der Waals surface area contributed by atoms with Crippen LogP contribution in [0, 0.1) is 11.3 Å². The molecule has 0 radical (unpaired) electrons. The summed E-state index contributed by atoms with van der Waals surface area (Å²) in [5, 5.41) is 3.54. The Morgan fingerprint density at radius 3 is 2.45 bits per heavy atom. The summed E-state index contributed by atoms with van der Waals surface area (Å²) in [6, 6.07) is 4.14. The summed E-state index contributed by atoms with van der Waals surface area (Å²) in [5.41, 5.74) is 1.50. The molecule has 0 aliphatic carbocycles. The van der Waals surface area contributed by atoms with Gasteiger partial charge in [0.2, 0.25) is 0 Å². The fraction of sp³-hybridized carbons (Fsp3) is 0.625. The van der Waals surface area contributed by atoms with E-state index in [9.17, 15) is 0 Å². The SMILES string of the molecule is CCOc1c(Br)cc(Br)cc1CNCC(C)C(C)(C)C. The van der Waals surface area contributed by atoms with Crippen LogP contribution >= 0.6 is 31.9 Å². The largest absolute Gasteiger partial charge is 0.492 e. The van der Waals surface area contributed by atoms with Crippen molar-refractivity contribution in [1.29, 1.82) is 0 Å². The highest BCUT2D eigenvalue weighted by Gasteiger charge is 2.19. The molecule has 0 heterocycles. The summed E-state index contributed by atoms with van der Waals surface area (Å²) >= 11 is 7.11. The Labute approximate surface area is 139 Å². The van der Waals surface area contributed by atoms with E-state index in [0.29, 0.717) is 17.9 Å². The van der Waals surface area contributed by atoms with E-state index >= 15 is 0 Å². The van der Waals surface area contributed by atoms with Crippen molar-refractivity contribution in [2.24, 2.45) is 11.3 Å². The maximum absolute atomic E-state index is 5.74. The lowest BCUT2D eigenvalue weighted by Crippen LogP contribution is -2.29. The minimum atomic E-state index is 0.327. The molecule has 1 rings (SSSR count). The van der Waals surface area contributed by atoms with Crippen molar-refractivity contribution in [3.05, 3.63) is 26.6 Å². The molecule has 1 N–H and O–H groups in total. The quantitative estimate of drug-likeness (QED) is 0.684. The van der Waals surface area contributed by atoms with Gasteiger partial charge in [0.05, 0.1) is 11.1 Å². The predicted octanol–water partition coefficient (Wildman–Crippen LogP) is 5.38. The molecule has 0 fully saturated rings. The molecule has 0 aliphatic rings. The fourth-order valence-corrected chi connectivity index (χ4v) is 3.21. The van der Waals surface area contributed by atoms with Crippen LogP contribution in [-0.2, 0) is 6.54 Å². The molecule has 0 aliphatic heterocycles. The van der Waals surface area contributed by atoms with Crippen LogP contribution in [0.5, 0.6) is 5.75 Å². The molecule has 20 heavy (non-hydrogen) atoms. The van der Waals surface area contributed by atoms with Crippen molar-refractivity contribution in [2.75, 3.05) is 13.2 Å². The van der Waals surface area contributed by atoms with Gasteiger partial charge in [-0.15, -0.1) is 0 Å². The van der Waals surface area contributed by atoms with Crippen LogP contribution in [0.2, 0.25) is 0 Å². The third-order valence-corrected chi connectivity index (χ3v) is 4.67. The lowest BCUT2D eigenvalue weighted by molar-refractivity contribution is 0.252. The molecule has 0 saturated heterocycles. The smallest absolute Gasteiger partial charge is 0.138 e. The van der Waals surface area contributed by atoms with Gasteiger partial charge >= 0.3 is 0 Å². The third kappa shape index (κ3) is 5.38. The molecular formula is C16H25Br2NO. The van der Waals surface area contributed by atoms with Crippen LogP contribution < -0.4 is 10.1 Å².